The Morgan fingerprint density at radius 1 is 0.683 bits per heavy atom. The highest BCUT2D eigenvalue weighted by molar-refractivity contribution is 5.97. The summed E-state index contributed by atoms with van der Waals surface area (Å²) < 4.78 is 0. The molecule has 6 rings (SSSR count). The summed E-state index contributed by atoms with van der Waals surface area (Å²) in [5, 5.41) is 10.1. The molecule has 1 heterocycles. The van der Waals surface area contributed by atoms with Gasteiger partial charge in [-0.3, -0.25) is 4.98 Å². The molecule has 3 nitrogen and oxygen atoms in total. The van der Waals surface area contributed by atoms with E-state index in [0.29, 0.717) is 18.4 Å². The zero-order chi connectivity index (χ0) is 28.3. The number of nitrogens with zero attached hydrogens (tertiary/aromatic N) is 1. The standard InChI is InChI=1S/C38H41N3/c1-25(2)31-16-10-17-32(26(3)4)38(31)40-24-30-14-9-20-36(41-30)37-29(22-21-28-11-5-6-15-34(28)37)23-39-35-19-8-13-27-12-7-18-33(27)35/h5-6,8-11,13-17,19-22,25-26,39-40H,7,12,18,23-24H2,1-4H3. The van der Waals surface area contributed by atoms with Gasteiger partial charge in [0.2, 0.25) is 0 Å². The maximum absolute atomic E-state index is 5.24. The number of hydrogen-bond acceptors (Lipinski definition) is 3. The highest BCUT2D eigenvalue weighted by Crippen LogP contribution is 2.35. The van der Waals surface area contributed by atoms with Crippen LogP contribution in [0.2, 0.25) is 0 Å². The molecule has 0 aliphatic heterocycles. The number of fused-ring (bicyclic) bond motifs is 2. The molecule has 0 saturated heterocycles. The van der Waals surface area contributed by atoms with Crippen molar-refractivity contribution in [3.63, 3.8) is 0 Å². The first-order chi connectivity index (χ1) is 20.0. The van der Waals surface area contributed by atoms with Crippen LogP contribution in [0.15, 0.2) is 91.0 Å². The topological polar surface area (TPSA) is 37.0 Å². The van der Waals surface area contributed by atoms with Crippen molar-refractivity contribution >= 4 is 22.1 Å². The zero-order valence-electron chi connectivity index (χ0n) is 24.8. The van der Waals surface area contributed by atoms with Crippen LogP contribution in [0.5, 0.6) is 0 Å². The number of rotatable bonds is 9. The van der Waals surface area contributed by atoms with E-state index in [0.717, 1.165) is 24.4 Å². The molecule has 0 spiro atoms. The third-order valence-electron chi connectivity index (χ3n) is 8.51. The maximum Gasteiger partial charge on any atom is 0.0715 e. The maximum atomic E-state index is 5.24. The number of aromatic nitrogens is 1. The SMILES string of the molecule is CC(C)c1cccc(C(C)C)c1NCc1cccc(-c2c(CNc3cccc4c3CCC4)ccc3ccccc23)n1. The van der Waals surface area contributed by atoms with Crippen LogP contribution < -0.4 is 10.6 Å². The van der Waals surface area contributed by atoms with E-state index < -0.39 is 0 Å². The molecule has 0 unspecified atom stereocenters. The molecule has 4 aromatic carbocycles. The van der Waals surface area contributed by atoms with Gasteiger partial charge in [0.25, 0.3) is 0 Å². The van der Waals surface area contributed by atoms with Crippen LogP contribution in [0.1, 0.15) is 79.5 Å². The molecule has 208 valence electrons. The van der Waals surface area contributed by atoms with Crippen molar-refractivity contribution in [2.45, 2.75) is 71.9 Å². The lowest BCUT2D eigenvalue weighted by molar-refractivity contribution is 0.831. The third kappa shape index (κ3) is 5.59. The number of para-hydroxylation sites is 1. The average molecular weight is 540 g/mol. The van der Waals surface area contributed by atoms with Crippen LogP contribution in [-0.4, -0.2) is 4.98 Å². The molecule has 0 saturated carbocycles. The second-order valence-corrected chi connectivity index (χ2v) is 12.0. The molecule has 1 aliphatic carbocycles. The van der Waals surface area contributed by atoms with Crippen molar-refractivity contribution in [2.75, 3.05) is 10.6 Å². The molecule has 0 amide bonds. The molecule has 0 fully saturated rings. The monoisotopic (exact) mass is 539 g/mol. The number of pyridine rings is 1. The smallest absolute Gasteiger partial charge is 0.0715 e. The van der Waals surface area contributed by atoms with Crippen molar-refractivity contribution in [3.8, 4) is 11.3 Å². The van der Waals surface area contributed by atoms with Gasteiger partial charge in [-0.05, 0) is 87.9 Å². The largest absolute Gasteiger partial charge is 0.381 e. The van der Waals surface area contributed by atoms with Gasteiger partial charge in [-0.2, -0.15) is 0 Å². The Kier molecular flexibility index (Phi) is 7.78. The Hall–Kier alpha value is -4.11. The van der Waals surface area contributed by atoms with Crippen molar-refractivity contribution in [3.05, 3.63) is 125 Å². The van der Waals surface area contributed by atoms with E-state index in [-0.39, 0.29) is 0 Å². The van der Waals surface area contributed by atoms with Crippen LogP contribution in [0.4, 0.5) is 11.4 Å². The highest BCUT2D eigenvalue weighted by Gasteiger charge is 2.17. The fraction of sp³-hybridized carbons (Fsp3) is 0.289. The van der Waals surface area contributed by atoms with Gasteiger partial charge in [0, 0.05) is 23.5 Å². The molecule has 41 heavy (non-hydrogen) atoms. The third-order valence-corrected chi connectivity index (χ3v) is 8.51. The number of hydrogen-bond donors (Lipinski definition) is 2. The van der Waals surface area contributed by atoms with E-state index in [1.54, 1.807) is 0 Å². The van der Waals surface area contributed by atoms with Crippen LogP contribution in [0, 0.1) is 0 Å². The van der Waals surface area contributed by atoms with Crippen molar-refractivity contribution < 1.29 is 0 Å². The molecule has 0 bridgehead atoms. The predicted molar refractivity (Wildman–Crippen MR) is 175 cm³/mol. The molecule has 0 atom stereocenters. The first kappa shape index (κ1) is 27.1. The fourth-order valence-electron chi connectivity index (χ4n) is 6.39. The first-order valence-corrected chi connectivity index (χ1v) is 15.2. The van der Waals surface area contributed by atoms with Crippen molar-refractivity contribution in [2.24, 2.45) is 0 Å². The quantitative estimate of drug-likeness (QED) is 0.196. The lowest BCUT2D eigenvalue weighted by Crippen LogP contribution is -2.09. The van der Waals surface area contributed by atoms with E-state index in [2.05, 4.69) is 129 Å². The van der Waals surface area contributed by atoms with E-state index >= 15 is 0 Å². The predicted octanol–water partition coefficient (Wildman–Crippen LogP) is 9.86. The first-order valence-electron chi connectivity index (χ1n) is 15.2. The van der Waals surface area contributed by atoms with Gasteiger partial charge in [-0.25, -0.2) is 0 Å². The summed E-state index contributed by atoms with van der Waals surface area (Å²) in [4.78, 5) is 5.24. The highest BCUT2D eigenvalue weighted by atomic mass is 14.9. The molecular formula is C38H41N3. The normalized spacial score (nSPS) is 12.7. The minimum Gasteiger partial charge on any atom is -0.381 e. The Labute approximate surface area is 245 Å². The van der Waals surface area contributed by atoms with Gasteiger partial charge in [-0.1, -0.05) is 100 Å². The molecule has 5 aromatic rings. The Bertz CT molecular complexity index is 1660. The molecular weight excluding hydrogens is 498 g/mol. The summed E-state index contributed by atoms with van der Waals surface area (Å²) in [5.74, 6) is 0.902. The van der Waals surface area contributed by atoms with Crippen LogP contribution in [0.25, 0.3) is 22.0 Å². The summed E-state index contributed by atoms with van der Waals surface area (Å²) in [6.07, 6.45) is 3.61. The summed E-state index contributed by atoms with van der Waals surface area (Å²) in [6.45, 7) is 10.5. The summed E-state index contributed by atoms with van der Waals surface area (Å²) >= 11 is 0. The Morgan fingerprint density at radius 2 is 1.44 bits per heavy atom. The Balaban J connectivity index is 1.33. The van der Waals surface area contributed by atoms with E-state index in [1.165, 1.54) is 68.4 Å². The van der Waals surface area contributed by atoms with Gasteiger partial charge in [0.1, 0.15) is 0 Å². The van der Waals surface area contributed by atoms with Gasteiger partial charge in [-0.15, -0.1) is 0 Å². The second kappa shape index (κ2) is 11.8. The van der Waals surface area contributed by atoms with Gasteiger partial charge >= 0.3 is 0 Å². The number of nitrogens with one attached hydrogen (secondary N) is 2. The minimum atomic E-state index is 0.451. The molecule has 2 N–H and O–H groups in total. The molecule has 3 heteroatoms. The number of aryl methyl sites for hydroxylation is 1. The minimum absolute atomic E-state index is 0.451. The van der Waals surface area contributed by atoms with Crippen LogP contribution in [0.3, 0.4) is 0 Å². The van der Waals surface area contributed by atoms with Gasteiger partial charge in [0.05, 0.1) is 17.9 Å². The molecule has 0 radical (unpaired) electrons. The summed E-state index contributed by atoms with van der Waals surface area (Å²) in [7, 11) is 0. The van der Waals surface area contributed by atoms with E-state index in [4.69, 9.17) is 4.98 Å². The molecule has 1 aromatic heterocycles. The average Bonchev–Trinajstić information content (AvgIpc) is 3.48. The number of anilines is 2. The van der Waals surface area contributed by atoms with Gasteiger partial charge in [0.15, 0.2) is 0 Å². The summed E-state index contributed by atoms with van der Waals surface area (Å²) in [6, 6.07) is 33.0. The second-order valence-electron chi connectivity index (χ2n) is 12.0. The van der Waals surface area contributed by atoms with Crippen LogP contribution >= 0.6 is 0 Å². The van der Waals surface area contributed by atoms with E-state index in [9.17, 15) is 0 Å². The van der Waals surface area contributed by atoms with Crippen LogP contribution in [-0.2, 0) is 25.9 Å². The van der Waals surface area contributed by atoms with Gasteiger partial charge < -0.3 is 10.6 Å². The van der Waals surface area contributed by atoms with Crippen molar-refractivity contribution in [1.82, 2.24) is 4.98 Å². The van der Waals surface area contributed by atoms with E-state index in [1.807, 2.05) is 0 Å². The zero-order valence-corrected chi connectivity index (χ0v) is 24.8. The fourth-order valence-corrected chi connectivity index (χ4v) is 6.39. The van der Waals surface area contributed by atoms with Crippen molar-refractivity contribution in [1.29, 1.82) is 0 Å². The summed E-state index contributed by atoms with van der Waals surface area (Å²) in [5.41, 5.74) is 12.8. The lowest BCUT2D eigenvalue weighted by atomic mass is 9.92. The number of benzene rings is 4. The molecule has 1 aliphatic rings. The lowest BCUT2D eigenvalue weighted by Gasteiger charge is -2.21. The Morgan fingerprint density at radius 3 is 2.24 bits per heavy atom.